The molecule has 0 radical (unpaired) electrons. The summed E-state index contributed by atoms with van der Waals surface area (Å²) in [5.74, 6) is 0. The maximum absolute atomic E-state index is 9.75. The van der Waals surface area contributed by atoms with Crippen LogP contribution in [0.2, 0.25) is 0 Å². The van der Waals surface area contributed by atoms with Gasteiger partial charge >= 0.3 is 31.0 Å². The predicted octanol–water partition coefficient (Wildman–Crippen LogP) is 7.54. The standard InChI is InChI=1S/2C6H16P2.2BF4.Ni/c2*1-7(2)5-6-8(3)4;2*2-1(3,4)5;/h2*5-6H2,1-4H3;;;/q;;2*-1;+2. The summed E-state index contributed by atoms with van der Waals surface area (Å²) in [5, 5.41) is 0. The molecule has 0 heterocycles. The molecule has 0 aliphatic heterocycles. The van der Waals surface area contributed by atoms with Crippen molar-refractivity contribution in [3.05, 3.63) is 0 Å². The van der Waals surface area contributed by atoms with E-state index in [4.69, 9.17) is 0 Å². The molecule has 0 aliphatic rings. The topological polar surface area (TPSA) is 0 Å². The molecular weight excluding hydrogens is 500 g/mol. The summed E-state index contributed by atoms with van der Waals surface area (Å²) in [6, 6.07) is 0. The third kappa shape index (κ3) is 133. The molecule has 0 saturated heterocycles. The van der Waals surface area contributed by atoms with Crippen molar-refractivity contribution < 1.29 is 51.0 Å². The molecule has 15 heteroatoms. The van der Waals surface area contributed by atoms with Gasteiger partial charge in [0, 0.05) is 0 Å². The summed E-state index contributed by atoms with van der Waals surface area (Å²) in [6.45, 7) is 18.8. The number of rotatable bonds is 6. The zero-order valence-electron chi connectivity index (χ0n) is 17.1. The van der Waals surface area contributed by atoms with Gasteiger partial charge in [-0.3, -0.25) is 0 Å². The molecule has 0 amide bonds. The number of hydrogen-bond acceptors (Lipinski definition) is 0. The van der Waals surface area contributed by atoms with Crippen LogP contribution in [0.15, 0.2) is 0 Å². The van der Waals surface area contributed by atoms with Crippen molar-refractivity contribution in [3.8, 4) is 0 Å². The smallest absolute Gasteiger partial charge is 0.418 e. The van der Waals surface area contributed by atoms with Crippen molar-refractivity contribution in [2.24, 2.45) is 0 Å². The van der Waals surface area contributed by atoms with Gasteiger partial charge in [0.15, 0.2) is 0 Å². The summed E-state index contributed by atoms with van der Waals surface area (Å²) in [5.41, 5.74) is 0. The molecule has 0 aliphatic carbocycles. The molecule has 172 valence electrons. The van der Waals surface area contributed by atoms with Crippen molar-refractivity contribution in [2.45, 2.75) is 0 Å². The molecule has 0 spiro atoms. The Balaban J connectivity index is -0.0000000807. The van der Waals surface area contributed by atoms with E-state index in [2.05, 4.69) is 53.3 Å². The predicted molar refractivity (Wildman–Crippen MR) is 115 cm³/mol. The van der Waals surface area contributed by atoms with Gasteiger partial charge in [-0.25, -0.2) is 0 Å². The Labute approximate surface area is 175 Å². The van der Waals surface area contributed by atoms with Crippen LogP contribution in [0.4, 0.5) is 34.5 Å². The van der Waals surface area contributed by atoms with E-state index in [1.807, 2.05) is 0 Å². The normalized spacial score (nSPS) is 11.1. The van der Waals surface area contributed by atoms with Crippen LogP contribution in [0.3, 0.4) is 0 Å². The summed E-state index contributed by atoms with van der Waals surface area (Å²) < 4.78 is 78.0. The van der Waals surface area contributed by atoms with Crippen LogP contribution in [0, 0.1) is 0 Å². The molecule has 0 N–H and O–H groups in total. The Bertz CT molecular complexity index is 238. The second-order valence-electron chi connectivity index (χ2n) is 6.20. The zero-order chi connectivity index (χ0) is 22.1. The van der Waals surface area contributed by atoms with Crippen molar-refractivity contribution in [2.75, 3.05) is 78.0 Å². The van der Waals surface area contributed by atoms with E-state index in [1.54, 1.807) is 0 Å². The van der Waals surface area contributed by atoms with Gasteiger partial charge in [0.25, 0.3) is 0 Å². The third-order valence-corrected chi connectivity index (χ3v) is 7.17. The Morgan fingerprint density at radius 2 is 0.481 bits per heavy atom. The van der Waals surface area contributed by atoms with Crippen molar-refractivity contribution >= 4 is 46.2 Å². The number of halogens is 8. The first-order valence-electron chi connectivity index (χ1n) is 7.59. The molecule has 0 atom stereocenters. The molecule has 0 aromatic rings. The van der Waals surface area contributed by atoms with Gasteiger partial charge < -0.3 is 34.5 Å². The van der Waals surface area contributed by atoms with Gasteiger partial charge in [-0.1, -0.05) is 0 Å². The fourth-order valence-corrected chi connectivity index (χ4v) is 7.20. The van der Waals surface area contributed by atoms with E-state index < -0.39 is 14.5 Å². The Hall–Kier alpha value is 1.78. The van der Waals surface area contributed by atoms with Gasteiger partial charge in [0.05, 0.1) is 0 Å². The molecule has 0 nitrogen and oxygen atoms in total. The van der Waals surface area contributed by atoms with Crippen LogP contribution in [0.1, 0.15) is 0 Å². The van der Waals surface area contributed by atoms with Crippen LogP contribution in [0.25, 0.3) is 0 Å². The molecule has 0 rings (SSSR count). The molecular formula is C12H32B2F8NiP4. The quantitative estimate of drug-likeness (QED) is 0.188. The summed E-state index contributed by atoms with van der Waals surface area (Å²) >= 11 is 0. The Kier molecular flexibility index (Phi) is 32.7. The molecule has 0 saturated carbocycles. The third-order valence-electron chi connectivity index (χ3n) is 1.99. The largest absolute Gasteiger partial charge is 2.00 e. The van der Waals surface area contributed by atoms with Crippen LogP contribution in [0.5, 0.6) is 0 Å². The first-order chi connectivity index (χ1) is 11.3. The van der Waals surface area contributed by atoms with Gasteiger partial charge in [-0.2, -0.15) is 0 Å². The molecule has 0 bridgehead atoms. The Morgan fingerprint density at radius 3 is 0.519 bits per heavy atom. The van der Waals surface area contributed by atoms with Crippen LogP contribution >= 0.6 is 31.7 Å². The van der Waals surface area contributed by atoms with Gasteiger partial charge in [-0.15, -0.1) is 31.7 Å². The van der Waals surface area contributed by atoms with E-state index >= 15 is 0 Å². The molecule has 0 fully saturated rings. The minimum atomic E-state index is -6.00. The number of hydrogen-bond donors (Lipinski definition) is 0. The van der Waals surface area contributed by atoms with E-state index in [0.29, 0.717) is 31.7 Å². The van der Waals surface area contributed by atoms with Crippen molar-refractivity contribution in [3.63, 3.8) is 0 Å². The van der Waals surface area contributed by atoms with Crippen LogP contribution in [-0.4, -0.2) is 92.5 Å². The van der Waals surface area contributed by atoms with E-state index in [-0.39, 0.29) is 16.5 Å². The molecule has 0 aromatic heterocycles. The van der Waals surface area contributed by atoms with Crippen LogP contribution in [-0.2, 0) is 16.5 Å². The average Bonchev–Trinajstić information content (AvgIpc) is 2.30. The monoisotopic (exact) mass is 532 g/mol. The van der Waals surface area contributed by atoms with E-state index in [1.165, 1.54) is 24.6 Å². The summed E-state index contributed by atoms with van der Waals surface area (Å²) in [6.07, 6.45) is 5.92. The SMILES string of the molecule is CP(C)CCP(C)C.CP(C)CCP(C)C.F[B-](F)(F)F.F[B-](F)(F)F.[Ni+2]. The van der Waals surface area contributed by atoms with Gasteiger partial charge in [0.2, 0.25) is 0 Å². The maximum Gasteiger partial charge on any atom is 2.00 e. The zero-order valence-corrected chi connectivity index (χ0v) is 21.7. The minimum absolute atomic E-state index is 0. The van der Waals surface area contributed by atoms with Gasteiger partial charge in [-0.05, 0) is 78.0 Å². The first kappa shape index (κ1) is 39.3. The fraction of sp³-hybridized carbons (Fsp3) is 1.00. The average molecular weight is 533 g/mol. The fourth-order valence-electron chi connectivity index (χ4n) is 0.800. The summed E-state index contributed by atoms with van der Waals surface area (Å²) in [7, 11) is -10.5. The Morgan fingerprint density at radius 1 is 0.407 bits per heavy atom. The molecule has 0 aromatic carbocycles. The second-order valence-corrected chi connectivity index (χ2v) is 16.6. The first-order valence-corrected chi connectivity index (χ1v) is 17.3. The summed E-state index contributed by atoms with van der Waals surface area (Å²) in [4.78, 5) is 0. The van der Waals surface area contributed by atoms with Gasteiger partial charge in [0.1, 0.15) is 0 Å². The van der Waals surface area contributed by atoms with E-state index in [9.17, 15) is 34.5 Å². The van der Waals surface area contributed by atoms with Crippen molar-refractivity contribution in [1.29, 1.82) is 0 Å². The van der Waals surface area contributed by atoms with Crippen molar-refractivity contribution in [1.82, 2.24) is 0 Å². The van der Waals surface area contributed by atoms with E-state index in [0.717, 1.165) is 0 Å². The molecule has 27 heavy (non-hydrogen) atoms. The molecule has 0 unspecified atom stereocenters. The van der Waals surface area contributed by atoms with Crippen LogP contribution < -0.4 is 0 Å². The minimum Gasteiger partial charge on any atom is -0.418 e. The second kappa shape index (κ2) is 22.5. The maximum atomic E-state index is 9.75.